The number of carboxylic acids is 1. The molecule has 0 radical (unpaired) electrons. The topological polar surface area (TPSA) is 134 Å². The average molecular weight is 280 g/mol. The molecule has 108 valence electrons. The van der Waals surface area contributed by atoms with Crippen molar-refractivity contribution in [3.8, 4) is 0 Å². The van der Waals surface area contributed by atoms with Crippen LogP contribution < -0.4 is 16.4 Å². The van der Waals surface area contributed by atoms with Gasteiger partial charge in [-0.3, -0.25) is 9.78 Å². The number of urea groups is 1. The molecule has 0 aromatic carbocycles. The van der Waals surface area contributed by atoms with Crippen LogP contribution in [0.15, 0.2) is 18.3 Å². The summed E-state index contributed by atoms with van der Waals surface area (Å²) in [6.07, 6.45) is 1.34. The van der Waals surface area contributed by atoms with E-state index >= 15 is 0 Å². The van der Waals surface area contributed by atoms with Gasteiger partial charge in [0.15, 0.2) is 0 Å². The first-order valence-corrected chi connectivity index (χ1v) is 5.76. The first-order valence-electron chi connectivity index (χ1n) is 5.76. The van der Waals surface area contributed by atoms with Crippen LogP contribution in [0.25, 0.3) is 0 Å². The highest BCUT2D eigenvalue weighted by atomic mass is 16.4. The van der Waals surface area contributed by atoms with E-state index in [9.17, 15) is 14.4 Å². The van der Waals surface area contributed by atoms with Crippen molar-refractivity contribution in [1.29, 1.82) is 0 Å². The molecule has 0 saturated heterocycles. The molecule has 20 heavy (non-hydrogen) atoms. The Balaban J connectivity index is 2.59. The number of pyridine rings is 1. The van der Waals surface area contributed by atoms with E-state index in [1.807, 2.05) is 0 Å². The Kier molecular flexibility index (Phi) is 4.63. The normalized spacial score (nSPS) is 10.7. The predicted molar refractivity (Wildman–Crippen MR) is 69.8 cm³/mol. The average Bonchev–Trinajstić information content (AvgIpc) is 2.36. The van der Waals surface area contributed by atoms with Gasteiger partial charge in [-0.2, -0.15) is 0 Å². The van der Waals surface area contributed by atoms with E-state index < -0.39 is 23.4 Å². The molecule has 0 fully saturated rings. The maximum atomic E-state index is 11.6. The second-order valence-corrected chi connectivity index (χ2v) is 4.64. The highest BCUT2D eigenvalue weighted by Gasteiger charge is 2.26. The maximum absolute atomic E-state index is 11.6. The monoisotopic (exact) mass is 280 g/mol. The van der Waals surface area contributed by atoms with Gasteiger partial charge in [-0.15, -0.1) is 0 Å². The minimum Gasteiger partial charge on any atom is -0.478 e. The fourth-order valence-corrected chi connectivity index (χ4v) is 1.27. The quantitative estimate of drug-likeness (QED) is 0.594. The van der Waals surface area contributed by atoms with Crippen molar-refractivity contribution in [2.24, 2.45) is 5.73 Å². The number of nitrogens with one attached hydrogen (secondary N) is 2. The SMILES string of the molecule is CC(C)(NC(=O)NCc1cc(C(=O)O)ccn1)C(N)=O. The molecule has 1 heterocycles. The molecular weight excluding hydrogens is 264 g/mol. The van der Waals surface area contributed by atoms with Crippen molar-refractivity contribution in [1.82, 2.24) is 15.6 Å². The molecule has 1 aromatic rings. The molecule has 8 heteroatoms. The molecule has 0 spiro atoms. The lowest BCUT2D eigenvalue weighted by Gasteiger charge is -2.22. The Morgan fingerprint density at radius 2 is 2.05 bits per heavy atom. The van der Waals surface area contributed by atoms with Crippen LogP contribution in [-0.2, 0) is 11.3 Å². The van der Waals surface area contributed by atoms with Gasteiger partial charge in [-0.25, -0.2) is 9.59 Å². The summed E-state index contributed by atoms with van der Waals surface area (Å²) in [4.78, 5) is 37.3. The Morgan fingerprint density at radius 3 is 2.60 bits per heavy atom. The van der Waals surface area contributed by atoms with Crippen molar-refractivity contribution in [2.75, 3.05) is 0 Å². The summed E-state index contributed by atoms with van der Waals surface area (Å²) in [5.41, 5.74) is 4.40. The summed E-state index contributed by atoms with van der Waals surface area (Å²) in [5, 5.41) is 13.7. The fourth-order valence-electron chi connectivity index (χ4n) is 1.27. The number of rotatable bonds is 5. The molecule has 0 aliphatic rings. The van der Waals surface area contributed by atoms with Crippen LogP contribution in [-0.4, -0.2) is 33.5 Å². The van der Waals surface area contributed by atoms with E-state index in [1.54, 1.807) is 0 Å². The standard InChI is InChI=1S/C12H16N4O4/c1-12(2,10(13)19)16-11(20)15-6-8-5-7(9(17)18)3-4-14-8/h3-5H,6H2,1-2H3,(H2,13,19)(H,17,18)(H2,15,16,20). The van der Waals surface area contributed by atoms with Gasteiger partial charge in [0.1, 0.15) is 5.54 Å². The molecule has 8 nitrogen and oxygen atoms in total. The van der Waals surface area contributed by atoms with Crippen molar-refractivity contribution in [2.45, 2.75) is 25.9 Å². The number of aromatic carboxylic acids is 1. The molecule has 0 atom stereocenters. The van der Waals surface area contributed by atoms with Crippen LogP contribution in [0.1, 0.15) is 29.9 Å². The number of amides is 3. The zero-order valence-electron chi connectivity index (χ0n) is 11.1. The van der Waals surface area contributed by atoms with Crippen molar-refractivity contribution >= 4 is 17.9 Å². The number of hydrogen-bond acceptors (Lipinski definition) is 4. The number of nitrogens with two attached hydrogens (primary N) is 1. The zero-order chi connectivity index (χ0) is 15.3. The van der Waals surface area contributed by atoms with Gasteiger partial charge >= 0.3 is 12.0 Å². The van der Waals surface area contributed by atoms with Crippen molar-refractivity contribution in [3.63, 3.8) is 0 Å². The number of carbonyl (C=O) groups is 3. The third kappa shape index (κ3) is 4.23. The first kappa shape index (κ1) is 15.4. The lowest BCUT2D eigenvalue weighted by atomic mass is 10.1. The van der Waals surface area contributed by atoms with Crippen molar-refractivity contribution in [3.05, 3.63) is 29.6 Å². The Morgan fingerprint density at radius 1 is 1.40 bits per heavy atom. The summed E-state index contributed by atoms with van der Waals surface area (Å²) in [7, 11) is 0. The van der Waals surface area contributed by atoms with Gasteiger partial charge in [0.25, 0.3) is 0 Å². The Bertz CT molecular complexity index is 542. The molecular formula is C12H16N4O4. The number of carbonyl (C=O) groups excluding carboxylic acids is 2. The van der Waals surface area contributed by atoms with Gasteiger partial charge < -0.3 is 21.5 Å². The zero-order valence-corrected chi connectivity index (χ0v) is 11.1. The largest absolute Gasteiger partial charge is 0.478 e. The van der Waals surface area contributed by atoms with Crippen LogP contribution >= 0.6 is 0 Å². The van der Waals surface area contributed by atoms with E-state index in [0.717, 1.165) is 0 Å². The van der Waals surface area contributed by atoms with Gasteiger partial charge in [-0.05, 0) is 26.0 Å². The van der Waals surface area contributed by atoms with Crippen LogP contribution in [0.2, 0.25) is 0 Å². The summed E-state index contributed by atoms with van der Waals surface area (Å²) in [6.45, 7) is 2.97. The number of primary amides is 1. The summed E-state index contributed by atoms with van der Waals surface area (Å²) < 4.78 is 0. The number of nitrogens with zero attached hydrogens (tertiary/aromatic N) is 1. The van der Waals surface area contributed by atoms with Gasteiger partial charge in [0, 0.05) is 6.20 Å². The fraction of sp³-hybridized carbons (Fsp3) is 0.333. The summed E-state index contributed by atoms with van der Waals surface area (Å²) >= 11 is 0. The highest BCUT2D eigenvalue weighted by Crippen LogP contribution is 2.02. The first-order chi connectivity index (χ1) is 9.22. The van der Waals surface area contributed by atoms with E-state index in [2.05, 4.69) is 15.6 Å². The highest BCUT2D eigenvalue weighted by molar-refractivity contribution is 5.89. The van der Waals surface area contributed by atoms with Gasteiger partial charge in [0.2, 0.25) is 5.91 Å². The van der Waals surface area contributed by atoms with E-state index in [1.165, 1.54) is 32.2 Å². The minimum absolute atomic E-state index is 0.0296. The molecule has 1 rings (SSSR count). The smallest absolute Gasteiger partial charge is 0.335 e. The van der Waals surface area contributed by atoms with Crippen LogP contribution in [0.3, 0.4) is 0 Å². The van der Waals surface area contributed by atoms with Crippen LogP contribution in [0.4, 0.5) is 4.79 Å². The number of hydrogen-bond donors (Lipinski definition) is 4. The molecule has 0 bridgehead atoms. The van der Waals surface area contributed by atoms with Gasteiger partial charge in [0.05, 0.1) is 17.8 Å². The van der Waals surface area contributed by atoms with Gasteiger partial charge in [-0.1, -0.05) is 0 Å². The van der Waals surface area contributed by atoms with Crippen LogP contribution in [0, 0.1) is 0 Å². The van der Waals surface area contributed by atoms with E-state index in [-0.39, 0.29) is 12.1 Å². The molecule has 0 aliphatic carbocycles. The van der Waals surface area contributed by atoms with Crippen molar-refractivity contribution < 1.29 is 19.5 Å². The molecule has 1 aromatic heterocycles. The van der Waals surface area contributed by atoms with E-state index in [0.29, 0.717) is 5.69 Å². The molecule has 5 N–H and O–H groups in total. The second-order valence-electron chi connectivity index (χ2n) is 4.64. The molecule has 0 unspecified atom stereocenters. The number of aromatic nitrogens is 1. The number of carboxylic acid groups (broad SMARTS) is 1. The van der Waals surface area contributed by atoms with Crippen LogP contribution in [0.5, 0.6) is 0 Å². The summed E-state index contributed by atoms with van der Waals surface area (Å²) in [6, 6.07) is 2.10. The Hall–Kier alpha value is -2.64. The molecule has 3 amide bonds. The lowest BCUT2D eigenvalue weighted by Crippen LogP contribution is -2.55. The van der Waals surface area contributed by atoms with E-state index in [4.69, 9.17) is 10.8 Å². The third-order valence-corrected chi connectivity index (χ3v) is 2.54. The summed E-state index contributed by atoms with van der Waals surface area (Å²) in [5.74, 6) is -1.74. The predicted octanol–water partition coefficient (Wildman–Crippen LogP) is -0.157. The molecule has 0 aliphatic heterocycles. The Labute approximate surface area is 115 Å². The lowest BCUT2D eigenvalue weighted by molar-refractivity contribution is -0.122. The second kappa shape index (κ2) is 6.00. The maximum Gasteiger partial charge on any atom is 0.335 e. The molecule has 0 saturated carbocycles. The minimum atomic E-state index is -1.18. The third-order valence-electron chi connectivity index (χ3n) is 2.54.